The van der Waals surface area contributed by atoms with Gasteiger partial charge in [-0.15, -0.1) is 0 Å². The molecule has 0 spiro atoms. The van der Waals surface area contributed by atoms with Crippen molar-refractivity contribution >= 4 is 0 Å². The molecule has 0 saturated heterocycles. The van der Waals surface area contributed by atoms with Gasteiger partial charge in [0.05, 0.1) is 6.07 Å². The standard InChI is InChI=1S/C14H11NO/c15-10-14(16)13-9-5-4-8-12(13)11-6-2-1-3-7-11/h1-9,14,16H/t14-/m0/s1. The Morgan fingerprint density at radius 1 is 0.938 bits per heavy atom. The van der Waals surface area contributed by atoms with Crippen LogP contribution in [0.3, 0.4) is 0 Å². The molecule has 2 aromatic rings. The molecule has 1 N–H and O–H groups in total. The van der Waals surface area contributed by atoms with E-state index >= 15 is 0 Å². The Labute approximate surface area is 94.4 Å². The molecular formula is C14H11NO. The second-order valence-electron chi connectivity index (χ2n) is 3.48. The summed E-state index contributed by atoms with van der Waals surface area (Å²) in [5, 5.41) is 18.4. The van der Waals surface area contributed by atoms with Gasteiger partial charge < -0.3 is 5.11 Å². The number of nitrogens with zero attached hydrogens (tertiary/aromatic N) is 1. The third-order valence-electron chi connectivity index (χ3n) is 2.46. The lowest BCUT2D eigenvalue weighted by Crippen LogP contribution is -1.96. The second kappa shape index (κ2) is 4.61. The van der Waals surface area contributed by atoms with Gasteiger partial charge in [-0.2, -0.15) is 5.26 Å². The summed E-state index contributed by atoms with van der Waals surface area (Å²) in [4.78, 5) is 0. The summed E-state index contributed by atoms with van der Waals surface area (Å²) in [6, 6.07) is 19.0. The van der Waals surface area contributed by atoms with Crippen molar-refractivity contribution in [3.63, 3.8) is 0 Å². The summed E-state index contributed by atoms with van der Waals surface area (Å²) in [5.41, 5.74) is 2.56. The molecule has 0 bridgehead atoms. The van der Waals surface area contributed by atoms with Crippen LogP contribution in [0.4, 0.5) is 0 Å². The van der Waals surface area contributed by atoms with E-state index < -0.39 is 6.10 Å². The second-order valence-corrected chi connectivity index (χ2v) is 3.48. The zero-order valence-corrected chi connectivity index (χ0v) is 8.67. The number of benzene rings is 2. The number of aliphatic hydroxyl groups is 1. The molecule has 2 rings (SSSR count). The molecule has 0 saturated carbocycles. The molecule has 0 radical (unpaired) electrons. The van der Waals surface area contributed by atoms with E-state index in [9.17, 15) is 5.11 Å². The number of nitriles is 1. The predicted octanol–water partition coefficient (Wildman–Crippen LogP) is 2.91. The summed E-state index contributed by atoms with van der Waals surface area (Å²) in [5.74, 6) is 0. The summed E-state index contributed by atoms with van der Waals surface area (Å²) in [6.45, 7) is 0. The van der Waals surface area contributed by atoms with Gasteiger partial charge in [0.25, 0.3) is 0 Å². The minimum atomic E-state index is -1.07. The lowest BCUT2D eigenvalue weighted by molar-refractivity contribution is 0.236. The van der Waals surface area contributed by atoms with E-state index in [1.807, 2.05) is 54.6 Å². The Morgan fingerprint density at radius 2 is 1.56 bits per heavy atom. The third-order valence-corrected chi connectivity index (χ3v) is 2.46. The van der Waals surface area contributed by atoms with Crippen LogP contribution < -0.4 is 0 Å². The molecule has 78 valence electrons. The van der Waals surface area contributed by atoms with Crippen molar-refractivity contribution < 1.29 is 5.11 Å². The van der Waals surface area contributed by atoms with Gasteiger partial charge in [-0.3, -0.25) is 0 Å². The first kappa shape index (κ1) is 10.4. The molecule has 2 heteroatoms. The average Bonchev–Trinajstić information content (AvgIpc) is 2.39. The van der Waals surface area contributed by atoms with Gasteiger partial charge in [-0.1, -0.05) is 54.6 Å². The topological polar surface area (TPSA) is 44.0 Å². The maximum atomic E-state index is 9.61. The highest BCUT2D eigenvalue weighted by Crippen LogP contribution is 2.27. The van der Waals surface area contributed by atoms with Gasteiger partial charge in [0.15, 0.2) is 6.10 Å². The number of hydrogen-bond donors (Lipinski definition) is 1. The number of hydrogen-bond acceptors (Lipinski definition) is 2. The normalized spacial score (nSPS) is 11.8. The highest BCUT2D eigenvalue weighted by atomic mass is 16.3. The molecule has 16 heavy (non-hydrogen) atoms. The van der Waals surface area contributed by atoms with Gasteiger partial charge >= 0.3 is 0 Å². The van der Waals surface area contributed by atoms with Crippen molar-refractivity contribution in [2.75, 3.05) is 0 Å². The van der Waals surface area contributed by atoms with E-state index in [0.717, 1.165) is 11.1 Å². The van der Waals surface area contributed by atoms with Crippen LogP contribution in [0.5, 0.6) is 0 Å². The molecule has 0 aliphatic rings. The Bertz CT molecular complexity index is 514. The maximum absolute atomic E-state index is 9.61. The van der Waals surface area contributed by atoms with Crippen LogP contribution in [0.25, 0.3) is 11.1 Å². The maximum Gasteiger partial charge on any atom is 0.166 e. The Kier molecular flexibility index (Phi) is 3.00. The van der Waals surface area contributed by atoms with Crippen LogP contribution >= 0.6 is 0 Å². The van der Waals surface area contributed by atoms with Crippen molar-refractivity contribution in [2.45, 2.75) is 6.10 Å². The molecule has 0 unspecified atom stereocenters. The zero-order chi connectivity index (χ0) is 11.4. The fraction of sp³-hybridized carbons (Fsp3) is 0.0714. The van der Waals surface area contributed by atoms with Crippen LogP contribution in [0.15, 0.2) is 54.6 Å². The minimum Gasteiger partial charge on any atom is -0.374 e. The zero-order valence-electron chi connectivity index (χ0n) is 8.67. The van der Waals surface area contributed by atoms with Gasteiger partial charge in [0.1, 0.15) is 0 Å². The third kappa shape index (κ3) is 1.95. The monoisotopic (exact) mass is 209 g/mol. The molecule has 2 aromatic carbocycles. The Balaban J connectivity index is 2.54. The van der Waals surface area contributed by atoms with Crippen LogP contribution in [0, 0.1) is 11.3 Å². The first-order valence-corrected chi connectivity index (χ1v) is 5.05. The van der Waals surface area contributed by atoms with Gasteiger partial charge in [-0.25, -0.2) is 0 Å². The predicted molar refractivity (Wildman–Crippen MR) is 62.5 cm³/mol. The van der Waals surface area contributed by atoms with E-state index in [-0.39, 0.29) is 0 Å². The smallest absolute Gasteiger partial charge is 0.166 e. The fourth-order valence-electron chi connectivity index (χ4n) is 1.69. The molecule has 0 aromatic heterocycles. The molecule has 0 heterocycles. The van der Waals surface area contributed by atoms with E-state index in [4.69, 9.17) is 5.26 Å². The number of aliphatic hydroxyl groups excluding tert-OH is 1. The highest BCUT2D eigenvalue weighted by Gasteiger charge is 2.11. The molecule has 0 fully saturated rings. The van der Waals surface area contributed by atoms with Crippen LogP contribution in [0.1, 0.15) is 11.7 Å². The van der Waals surface area contributed by atoms with E-state index in [1.165, 1.54) is 0 Å². The molecule has 1 atom stereocenters. The lowest BCUT2D eigenvalue weighted by atomic mass is 9.97. The van der Waals surface area contributed by atoms with E-state index in [2.05, 4.69) is 0 Å². The first-order valence-electron chi connectivity index (χ1n) is 5.05. The summed E-state index contributed by atoms with van der Waals surface area (Å²) < 4.78 is 0. The first-order chi connectivity index (χ1) is 7.83. The summed E-state index contributed by atoms with van der Waals surface area (Å²) >= 11 is 0. The van der Waals surface area contributed by atoms with Crippen LogP contribution in [0.2, 0.25) is 0 Å². The van der Waals surface area contributed by atoms with Gasteiger partial charge in [0, 0.05) is 5.56 Å². The number of rotatable bonds is 2. The van der Waals surface area contributed by atoms with Gasteiger partial charge in [-0.05, 0) is 11.1 Å². The van der Waals surface area contributed by atoms with E-state index in [1.54, 1.807) is 6.07 Å². The van der Waals surface area contributed by atoms with Crippen LogP contribution in [-0.2, 0) is 0 Å². The highest BCUT2D eigenvalue weighted by molar-refractivity contribution is 5.68. The summed E-state index contributed by atoms with van der Waals surface area (Å²) in [6.07, 6.45) is -1.07. The van der Waals surface area contributed by atoms with E-state index in [0.29, 0.717) is 5.56 Å². The average molecular weight is 209 g/mol. The van der Waals surface area contributed by atoms with Crippen molar-refractivity contribution in [1.29, 1.82) is 5.26 Å². The summed E-state index contributed by atoms with van der Waals surface area (Å²) in [7, 11) is 0. The molecule has 0 aliphatic carbocycles. The largest absolute Gasteiger partial charge is 0.374 e. The minimum absolute atomic E-state index is 0.649. The van der Waals surface area contributed by atoms with Gasteiger partial charge in [0.2, 0.25) is 0 Å². The lowest BCUT2D eigenvalue weighted by Gasteiger charge is -2.10. The van der Waals surface area contributed by atoms with Crippen molar-refractivity contribution in [3.8, 4) is 17.2 Å². The van der Waals surface area contributed by atoms with Crippen molar-refractivity contribution in [1.82, 2.24) is 0 Å². The Morgan fingerprint density at radius 3 is 2.25 bits per heavy atom. The molecule has 0 aliphatic heterocycles. The van der Waals surface area contributed by atoms with Crippen molar-refractivity contribution in [3.05, 3.63) is 60.2 Å². The Hall–Kier alpha value is -2.11. The fourth-order valence-corrected chi connectivity index (χ4v) is 1.69. The molecular weight excluding hydrogens is 198 g/mol. The molecule has 0 amide bonds. The SMILES string of the molecule is N#C[C@H](O)c1ccccc1-c1ccccc1. The van der Waals surface area contributed by atoms with Crippen LogP contribution in [-0.4, -0.2) is 5.11 Å². The quantitative estimate of drug-likeness (QED) is 0.773. The van der Waals surface area contributed by atoms with Crippen molar-refractivity contribution in [2.24, 2.45) is 0 Å². The molecule has 2 nitrogen and oxygen atoms in total.